The van der Waals surface area contributed by atoms with Crippen molar-refractivity contribution in [2.24, 2.45) is 0 Å². The predicted molar refractivity (Wildman–Crippen MR) is 77.7 cm³/mol. The Morgan fingerprint density at radius 2 is 2.00 bits per heavy atom. The Kier molecular flexibility index (Phi) is 4.50. The van der Waals surface area contributed by atoms with Crippen molar-refractivity contribution in [2.75, 3.05) is 0 Å². The monoisotopic (exact) mass is 299 g/mol. The average molecular weight is 301 g/mol. The Morgan fingerprint density at radius 3 is 2.72 bits per heavy atom. The summed E-state index contributed by atoms with van der Waals surface area (Å²) in [5.74, 6) is 0. The molecule has 1 aromatic heterocycles. The third-order valence-electron chi connectivity index (χ3n) is 2.79. The summed E-state index contributed by atoms with van der Waals surface area (Å²) in [6.07, 6.45) is 2.40. The van der Waals surface area contributed by atoms with Crippen LogP contribution >= 0.6 is 34.8 Å². The Hall–Kier alpha value is -0.760. The predicted octanol–water partition coefficient (Wildman–Crippen LogP) is 5.22. The van der Waals surface area contributed by atoms with Crippen LogP contribution < -0.4 is 0 Å². The smallest absolute Gasteiger partial charge is 0.0655 e. The van der Waals surface area contributed by atoms with Crippen molar-refractivity contribution >= 4 is 34.8 Å². The van der Waals surface area contributed by atoms with E-state index in [1.54, 1.807) is 24.4 Å². The SMILES string of the molecule is Cc1cccnc1CC(Cl)c1cc(Cl)ccc1Cl. The van der Waals surface area contributed by atoms with Gasteiger partial charge in [-0.1, -0.05) is 29.3 Å². The molecular weight excluding hydrogens is 289 g/mol. The molecule has 0 amide bonds. The molecule has 0 aliphatic rings. The van der Waals surface area contributed by atoms with Crippen LogP contribution in [0.25, 0.3) is 0 Å². The van der Waals surface area contributed by atoms with Crippen molar-refractivity contribution in [3.8, 4) is 0 Å². The standard InChI is InChI=1S/C14H12Cl3N/c1-9-3-2-6-18-14(9)8-13(17)11-7-10(15)4-5-12(11)16/h2-7,13H,8H2,1H3. The van der Waals surface area contributed by atoms with Crippen LogP contribution in [0.5, 0.6) is 0 Å². The quantitative estimate of drug-likeness (QED) is 0.708. The van der Waals surface area contributed by atoms with E-state index < -0.39 is 0 Å². The first kappa shape index (κ1) is 13.7. The van der Waals surface area contributed by atoms with Gasteiger partial charge in [0.05, 0.1) is 5.38 Å². The largest absolute Gasteiger partial charge is 0.261 e. The van der Waals surface area contributed by atoms with Crippen LogP contribution in [-0.4, -0.2) is 4.98 Å². The summed E-state index contributed by atoms with van der Waals surface area (Å²) < 4.78 is 0. The van der Waals surface area contributed by atoms with Gasteiger partial charge >= 0.3 is 0 Å². The van der Waals surface area contributed by atoms with Gasteiger partial charge in [0.25, 0.3) is 0 Å². The van der Waals surface area contributed by atoms with E-state index in [-0.39, 0.29) is 5.38 Å². The van der Waals surface area contributed by atoms with Crippen molar-refractivity contribution in [1.82, 2.24) is 4.98 Å². The van der Waals surface area contributed by atoms with Crippen molar-refractivity contribution < 1.29 is 0 Å². The number of hydrogen-bond acceptors (Lipinski definition) is 1. The lowest BCUT2D eigenvalue weighted by Gasteiger charge is -2.13. The van der Waals surface area contributed by atoms with Crippen molar-refractivity contribution in [3.05, 3.63) is 63.4 Å². The van der Waals surface area contributed by atoms with Gasteiger partial charge in [0.15, 0.2) is 0 Å². The fraction of sp³-hybridized carbons (Fsp3) is 0.214. The van der Waals surface area contributed by atoms with E-state index in [4.69, 9.17) is 34.8 Å². The Bertz CT molecular complexity index is 554. The Morgan fingerprint density at radius 1 is 1.22 bits per heavy atom. The van der Waals surface area contributed by atoms with Crippen LogP contribution in [0.2, 0.25) is 10.0 Å². The van der Waals surface area contributed by atoms with Gasteiger partial charge in [-0.15, -0.1) is 11.6 Å². The van der Waals surface area contributed by atoms with Crippen LogP contribution in [0.15, 0.2) is 36.5 Å². The molecule has 1 heterocycles. The second-order valence-electron chi connectivity index (χ2n) is 4.10. The third kappa shape index (κ3) is 3.17. The first-order chi connectivity index (χ1) is 8.58. The fourth-order valence-corrected chi connectivity index (χ4v) is 2.58. The number of rotatable bonds is 3. The van der Waals surface area contributed by atoms with Gasteiger partial charge < -0.3 is 0 Å². The topological polar surface area (TPSA) is 12.9 Å². The van der Waals surface area contributed by atoms with E-state index >= 15 is 0 Å². The minimum atomic E-state index is -0.232. The zero-order chi connectivity index (χ0) is 13.1. The number of nitrogens with zero attached hydrogens (tertiary/aromatic N) is 1. The molecule has 1 atom stereocenters. The lowest BCUT2D eigenvalue weighted by atomic mass is 10.0. The highest BCUT2D eigenvalue weighted by molar-refractivity contribution is 6.34. The third-order valence-corrected chi connectivity index (χ3v) is 3.75. The van der Waals surface area contributed by atoms with E-state index in [9.17, 15) is 0 Å². The van der Waals surface area contributed by atoms with Gasteiger partial charge in [-0.25, -0.2) is 0 Å². The molecule has 1 nitrogen and oxygen atoms in total. The summed E-state index contributed by atoms with van der Waals surface area (Å²) in [4.78, 5) is 4.34. The van der Waals surface area contributed by atoms with Gasteiger partial charge in [-0.05, 0) is 42.3 Å². The number of pyridine rings is 1. The molecule has 94 valence electrons. The normalized spacial score (nSPS) is 12.4. The molecule has 0 fully saturated rings. The second kappa shape index (κ2) is 5.92. The highest BCUT2D eigenvalue weighted by atomic mass is 35.5. The van der Waals surface area contributed by atoms with Crippen LogP contribution in [-0.2, 0) is 6.42 Å². The van der Waals surface area contributed by atoms with E-state index in [0.29, 0.717) is 16.5 Å². The van der Waals surface area contributed by atoms with Crippen LogP contribution in [0.3, 0.4) is 0 Å². The summed E-state index contributed by atoms with van der Waals surface area (Å²) in [5, 5.41) is 1.04. The van der Waals surface area contributed by atoms with Gasteiger partial charge in [0.2, 0.25) is 0 Å². The van der Waals surface area contributed by atoms with Crippen LogP contribution in [0, 0.1) is 6.92 Å². The number of benzene rings is 1. The maximum absolute atomic E-state index is 6.41. The van der Waals surface area contributed by atoms with Crippen LogP contribution in [0.4, 0.5) is 0 Å². The number of aromatic nitrogens is 1. The number of alkyl halides is 1. The fourth-order valence-electron chi connectivity index (χ4n) is 1.77. The minimum absolute atomic E-state index is 0.232. The summed E-state index contributed by atoms with van der Waals surface area (Å²) in [5.41, 5.74) is 2.95. The van der Waals surface area contributed by atoms with Crippen molar-refractivity contribution in [2.45, 2.75) is 18.7 Å². The molecule has 4 heteroatoms. The zero-order valence-corrected chi connectivity index (χ0v) is 12.1. The summed E-state index contributed by atoms with van der Waals surface area (Å²) in [6.45, 7) is 2.02. The number of halogens is 3. The Balaban J connectivity index is 2.25. The summed E-state index contributed by atoms with van der Waals surface area (Å²) >= 11 is 18.5. The lowest BCUT2D eigenvalue weighted by molar-refractivity contribution is 0.870. The zero-order valence-electron chi connectivity index (χ0n) is 9.83. The minimum Gasteiger partial charge on any atom is -0.261 e. The maximum atomic E-state index is 6.41. The molecule has 2 rings (SSSR count). The molecule has 0 saturated carbocycles. The summed E-state index contributed by atoms with van der Waals surface area (Å²) in [7, 11) is 0. The molecular formula is C14H12Cl3N. The molecule has 1 unspecified atom stereocenters. The highest BCUT2D eigenvalue weighted by Crippen LogP contribution is 2.32. The molecule has 0 aliphatic heterocycles. The van der Waals surface area contributed by atoms with E-state index in [1.165, 1.54) is 0 Å². The molecule has 0 N–H and O–H groups in total. The summed E-state index contributed by atoms with van der Waals surface area (Å²) in [6, 6.07) is 9.25. The molecule has 2 aromatic rings. The van der Waals surface area contributed by atoms with Gasteiger partial charge in [0.1, 0.15) is 0 Å². The molecule has 0 saturated heterocycles. The van der Waals surface area contributed by atoms with E-state index in [2.05, 4.69) is 4.98 Å². The van der Waals surface area contributed by atoms with Crippen molar-refractivity contribution in [1.29, 1.82) is 0 Å². The van der Waals surface area contributed by atoms with E-state index in [1.807, 2.05) is 19.1 Å². The molecule has 0 radical (unpaired) electrons. The molecule has 0 spiro atoms. The molecule has 0 aliphatic carbocycles. The Labute approximate surface area is 122 Å². The first-order valence-corrected chi connectivity index (χ1v) is 6.76. The van der Waals surface area contributed by atoms with Crippen molar-refractivity contribution in [3.63, 3.8) is 0 Å². The van der Waals surface area contributed by atoms with Crippen LogP contribution in [0.1, 0.15) is 22.2 Å². The average Bonchev–Trinajstić information content (AvgIpc) is 2.35. The lowest BCUT2D eigenvalue weighted by Crippen LogP contribution is -2.01. The highest BCUT2D eigenvalue weighted by Gasteiger charge is 2.14. The molecule has 0 bridgehead atoms. The van der Waals surface area contributed by atoms with E-state index in [0.717, 1.165) is 16.8 Å². The molecule has 18 heavy (non-hydrogen) atoms. The maximum Gasteiger partial charge on any atom is 0.0655 e. The first-order valence-electron chi connectivity index (χ1n) is 5.57. The van der Waals surface area contributed by atoms with Gasteiger partial charge in [0, 0.05) is 28.4 Å². The number of aryl methyl sites for hydroxylation is 1. The van der Waals surface area contributed by atoms with Gasteiger partial charge in [-0.2, -0.15) is 0 Å². The molecule has 1 aromatic carbocycles. The van der Waals surface area contributed by atoms with Gasteiger partial charge in [-0.3, -0.25) is 4.98 Å². The second-order valence-corrected chi connectivity index (χ2v) is 5.47. The number of hydrogen-bond donors (Lipinski definition) is 0.